The van der Waals surface area contributed by atoms with Crippen molar-refractivity contribution < 1.29 is 22.7 Å². The minimum absolute atomic E-state index is 0.128. The Bertz CT molecular complexity index is 1290. The van der Waals surface area contributed by atoms with E-state index in [0.717, 1.165) is 17.8 Å². The van der Waals surface area contributed by atoms with Gasteiger partial charge in [-0.3, -0.25) is 9.20 Å². The lowest BCUT2D eigenvalue weighted by atomic mass is 10.1. The third kappa shape index (κ3) is 5.23. The average molecular weight is 493 g/mol. The number of halogens is 4. The number of pyridine rings is 1. The van der Waals surface area contributed by atoms with E-state index in [4.69, 9.17) is 16.3 Å². The van der Waals surface area contributed by atoms with Crippen LogP contribution in [0.2, 0.25) is 5.02 Å². The van der Waals surface area contributed by atoms with Gasteiger partial charge >= 0.3 is 6.18 Å². The van der Waals surface area contributed by atoms with Crippen molar-refractivity contribution in [3.8, 4) is 5.75 Å². The lowest BCUT2D eigenvalue weighted by Crippen LogP contribution is -2.11. The zero-order valence-electron chi connectivity index (χ0n) is 17.1. The van der Waals surface area contributed by atoms with Gasteiger partial charge in [0.05, 0.1) is 17.7 Å². The predicted molar refractivity (Wildman–Crippen MR) is 120 cm³/mol. The summed E-state index contributed by atoms with van der Waals surface area (Å²) in [6, 6.07) is 14.7. The van der Waals surface area contributed by atoms with E-state index < -0.39 is 11.7 Å². The molecule has 2 heterocycles. The molecule has 1 N–H and O–H groups in total. The summed E-state index contributed by atoms with van der Waals surface area (Å²) in [5.41, 5.74) is 1.23. The molecule has 170 valence electrons. The molecular weight excluding hydrogens is 477 g/mol. The maximum Gasteiger partial charge on any atom is 0.417 e. The Morgan fingerprint density at radius 2 is 1.82 bits per heavy atom. The molecule has 2 aromatic carbocycles. The standard InChI is InChI=1S/C22H16ClF3N4O2S/c1-32-17-8-6-16(7-9-17)27-20(31)14-4-2-13(3-5-14)12-33-21-29-28-19-18(23)10-15(11-30(19)21)22(24,25)26/h2-11H,12H2,1H3,(H,27,31). The Labute approximate surface area is 195 Å². The minimum Gasteiger partial charge on any atom is -0.497 e. The lowest BCUT2D eigenvalue weighted by Gasteiger charge is -2.09. The summed E-state index contributed by atoms with van der Waals surface area (Å²) in [5, 5.41) is 10.8. The first-order valence-corrected chi connectivity index (χ1v) is 10.9. The summed E-state index contributed by atoms with van der Waals surface area (Å²) < 4.78 is 45.6. The Morgan fingerprint density at radius 3 is 2.45 bits per heavy atom. The number of nitrogens with zero attached hydrogens (tertiary/aromatic N) is 3. The smallest absolute Gasteiger partial charge is 0.417 e. The van der Waals surface area contributed by atoms with Crippen LogP contribution in [-0.2, 0) is 11.9 Å². The molecule has 2 aromatic heterocycles. The van der Waals surface area contributed by atoms with Crippen molar-refractivity contribution >= 4 is 40.6 Å². The molecule has 0 bridgehead atoms. The lowest BCUT2D eigenvalue weighted by molar-refractivity contribution is -0.137. The second-order valence-corrected chi connectivity index (χ2v) is 8.27. The number of methoxy groups -OCH3 is 1. The van der Waals surface area contributed by atoms with E-state index in [-0.39, 0.29) is 21.7 Å². The molecule has 0 saturated carbocycles. The predicted octanol–water partition coefficient (Wildman–Crippen LogP) is 5.95. The van der Waals surface area contributed by atoms with Crippen LogP contribution >= 0.6 is 23.4 Å². The second kappa shape index (κ2) is 9.32. The highest BCUT2D eigenvalue weighted by Crippen LogP contribution is 2.33. The fraction of sp³-hybridized carbons (Fsp3) is 0.136. The van der Waals surface area contributed by atoms with E-state index >= 15 is 0 Å². The van der Waals surface area contributed by atoms with Gasteiger partial charge in [-0.15, -0.1) is 10.2 Å². The zero-order valence-corrected chi connectivity index (χ0v) is 18.6. The third-order valence-electron chi connectivity index (χ3n) is 4.69. The number of hydrogen-bond donors (Lipinski definition) is 1. The minimum atomic E-state index is -4.54. The summed E-state index contributed by atoms with van der Waals surface area (Å²) >= 11 is 7.15. The van der Waals surface area contributed by atoms with Gasteiger partial charge in [0.25, 0.3) is 5.91 Å². The van der Waals surface area contributed by atoms with Gasteiger partial charge in [-0.1, -0.05) is 35.5 Å². The number of benzene rings is 2. The van der Waals surface area contributed by atoms with E-state index in [0.29, 0.717) is 22.8 Å². The highest BCUT2D eigenvalue weighted by atomic mass is 35.5. The van der Waals surface area contributed by atoms with Crippen molar-refractivity contribution in [1.82, 2.24) is 14.6 Å². The molecule has 0 aliphatic rings. The van der Waals surface area contributed by atoms with Crippen LogP contribution in [-0.4, -0.2) is 27.6 Å². The number of aromatic nitrogens is 3. The van der Waals surface area contributed by atoms with E-state index in [1.54, 1.807) is 55.6 Å². The molecular formula is C22H16ClF3N4O2S. The molecule has 1 amide bonds. The van der Waals surface area contributed by atoms with Gasteiger partial charge in [0.1, 0.15) is 5.75 Å². The summed E-state index contributed by atoms with van der Waals surface area (Å²) in [6.45, 7) is 0. The number of ether oxygens (including phenoxy) is 1. The molecule has 0 aliphatic carbocycles. The van der Waals surface area contributed by atoms with Crippen LogP contribution in [0.3, 0.4) is 0 Å². The van der Waals surface area contributed by atoms with Gasteiger partial charge in [0.2, 0.25) is 0 Å². The van der Waals surface area contributed by atoms with E-state index in [2.05, 4.69) is 15.5 Å². The van der Waals surface area contributed by atoms with Gasteiger partial charge in [-0.25, -0.2) is 0 Å². The van der Waals surface area contributed by atoms with Crippen LogP contribution in [0.4, 0.5) is 18.9 Å². The molecule has 33 heavy (non-hydrogen) atoms. The van der Waals surface area contributed by atoms with Crippen LogP contribution < -0.4 is 10.1 Å². The maximum absolute atomic E-state index is 13.1. The average Bonchev–Trinajstić information content (AvgIpc) is 3.21. The Kier molecular flexibility index (Phi) is 6.48. The molecule has 0 atom stereocenters. The number of nitrogens with one attached hydrogen (secondary N) is 1. The summed E-state index contributed by atoms with van der Waals surface area (Å²) in [7, 11) is 1.56. The summed E-state index contributed by atoms with van der Waals surface area (Å²) in [5.74, 6) is 0.832. The van der Waals surface area contributed by atoms with Crippen LogP contribution in [0, 0.1) is 0 Å². The van der Waals surface area contributed by atoms with Crippen LogP contribution in [0.5, 0.6) is 5.75 Å². The highest BCUT2D eigenvalue weighted by molar-refractivity contribution is 7.98. The zero-order chi connectivity index (χ0) is 23.6. The Morgan fingerprint density at radius 1 is 1.12 bits per heavy atom. The quantitative estimate of drug-likeness (QED) is 0.337. The largest absolute Gasteiger partial charge is 0.497 e. The Balaban J connectivity index is 1.43. The first kappa shape index (κ1) is 22.9. The number of amides is 1. The summed E-state index contributed by atoms with van der Waals surface area (Å²) in [4.78, 5) is 12.4. The molecule has 11 heteroatoms. The van der Waals surface area contributed by atoms with E-state index in [9.17, 15) is 18.0 Å². The number of carbonyl (C=O) groups excluding carboxylic acids is 1. The highest BCUT2D eigenvalue weighted by Gasteiger charge is 2.32. The second-order valence-electron chi connectivity index (χ2n) is 6.92. The first-order valence-electron chi connectivity index (χ1n) is 9.53. The number of hydrogen-bond acceptors (Lipinski definition) is 5. The third-order valence-corrected chi connectivity index (χ3v) is 5.98. The van der Waals surface area contributed by atoms with Crippen LogP contribution in [0.1, 0.15) is 21.5 Å². The van der Waals surface area contributed by atoms with Gasteiger partial charge < -0.3 is 10.1 Å². The van der Waals surface area contributed by atoms with E-state index in [1.165, 1.54) is 16.2 Å². The molecule has 0 aliphatic heterocycles. The van der Waals surface area contributed by atoms with Crippen molar-refractivity contribution in [2.24, 2.45) is 0 Å². The SMILES string of the molecule is COc1ccc(NC(=O)c2ccc(CSc3nnc4c(Cl)cc(C(F)(F)F)cn34)cc2)cc1. The monoisotopic (exact) mass is 492 g/mol. The van der Waals surface area contributed by atoms with Gasteiger partial charge in [-0.2, -0.15) is 13.2 Å². The number of thioether (sulfide) groups is 1. The number of anilines is 1. The topological polar surface area (TPSA) is 68.5 Å². The summed E-state index contributed by atoms with van der Waals surface area (Å²) in [6.07, 6.45) is -3.61. The van der Waals surface area contributed by atoms with Crippen molar-refractivity contribution in [2.75, 3.05) is 12.4 Å². The molecule has 4 aromatic rings. The maximum atomic E-state index is 13.1. The van der Waals surface area contributed by atoms with E-state index in [1.807, 2.05) is 0 Å². The van der Waals surface area contributed by atoms with Gasteiger partial charge in [0.15, 0.2) is 10.8 Å². The number of alkyl halides is 3. The molecule has 0 spiro atoms. The van der Waals surface area contributed by atoms with Crippen molar-refractivity contribution in [1.29, 1.82) is 0 Å². The van der Waals surface area contributed by atoms with Crippen molar-refractivity contribution in [2.45, 2.75) is 17.1 Å². The number of carbonyl (C=O) groups is 1. The first-order chi connectivity index (χ1) is 15.7. The Hall–Kier alpha value is -3.24. The van der Waals surface area contributed by atoms with Gasteiger partial charge in [-0.05, 0) is 48.0 Å². The molecule has 4 rings (SSSR count). The van der Waals surface area contributed by atoms with Crippen LogP contribution in [0.25, 0.3) is 5.65 Å². The van der Waals surface area contributed by atoms with Crippen molar-refractivity contribution in [3.05, 3.63) is 82.5 Å². The molecule has 0 saturated heterocycles. The normalized spacial score (nSPS) is 11.5. The van der Waals surface area contributed by atoms with Gasteiger partial charge in [0, 0.05) is 23.2 Å². The molecule has 0 radical (unpaired) electrons. The molecule has 0 unspecified atom stereocenters. The van der Waals surface area contributed by atoms with Crippen LogP contribution in [0.15, 0.2) is 66.0 Å². The number of rotatable bonds is 6. The molecule has 6 nitrogen and oxygen atoms in total. The molecule has 0 fully saturated rings. The fourth-order valence-electron chi connectivity index (χ4n) is 2.96. The fourth-order valence-corrected chi connectivity index (χ4v) is 4.08. The van der Waals surface area contributed by atoms with Crippen molar-refractivity contribution in [3.63, 3.8) is 0 Å². The number of fused-ring (bicyclic) bond motifs is 1.